The molecule has 2 rings (SSSR count). The molecule has 0 spiro atoms. The SMILES string of the molecule is NC(=O)OCc1cccc(CNC(=O)CC2CCC(F)(F)CC2)n1. The van der Waals surface area contributed by atoms with Crippen LogP contribution in [0.5, 0.6) is 0 Å². The fourth-order valence-electron chi connectivity index (χ4n) is 2.68. The van der Waals surface area contributed by atoms with Crippen LogP contribution >= 0.6 is 0 Å². The van der Waals surface area contributed by atoms with Crippen LogP contribution in [0.15, 0.2) is 18.2 Å². The molecule has 1 saturated carbocycles. The van der Waals surface area contributed by atoms with Gasteiger partial charge >= 0.3 is 6.09 Å². The molecule has 0 unspecified atom stereocenters. The normalized spacial score (nSPS) is 17.2. The van der Waals surface area contributed by atoms with E-state index in [1.165, 1.54) is 0 Å². The number of nitrogens with zero attached hydrogens (tertiary/aromatic N) is 1. The zero-order valence-corrected chi connectivity index (χ0v) is 13.3. The van der Waals surface area contributed by atoms with Crippen molar-refractivity contribution < 1.29 is 23.1 Å². The number of primary amides is 1. The highest BCUT2D eigenvalue weighted by Crippen LogP contribution is 2.37. The van der Waals surface area contributed by atoms with Gasteiger partial charge in [0.05, 0.1) is 17.9 Å². The van der Waals surface area contributed by atoms with E-state index in [0.29, 0.717) is 24.2 Å². The molecule has 3 N–H and O–H groups in total. The van der Waals surface area contributed by atoms with Crippen LogP contribution in [0.4, 0.5) is 13.6 Å². The number of aromatic nitrogens is 1. The molecule has 8 heteroatoms. The van der Waals surface area contributed by atoms with E-state index in [1.807, 2.05) is 0 Å². The summed E-state index contributed by atoms with van der Waals surface area (Å²) in [5.74, 6) is -2.75. The van der Waals surface area contributed by atoms with Gasteiger partial charge in [-0.15, -0.1) is 0 Å². The van der Waals surface area contributed by atoms with Crippen molar-refractivity contribution in [3.8, 4) is 0 Å². The Balaban J connectivity index is 1.75. The number of ether oxygens (including phenoxy) is 1. The molecule has 1 aliphatic rings. The van der Waals surface area contributed by atoms with E-state index in [2.05, 4.69) is 15.0 Å². The first-order chi connectivity index (χ1) is 11.3. The minimum Gasteiger partial charge on any atom is -0.443 e. The Kier molecular flexibility index (Phi) is 6.05. The highest BCUT2D eigenvalue weighted by molar-refractivity contribution is 5.76. The molecule has 2 amide bonds. The average Bonchev–Trinajstić information content (AvgIpc) is 2.53. The van der Waals surface area contributed by atoms with Crippen LogP contribution < -0.4 is 11.1 Å². The Labute approximate surface area is 138 Å². The third-order valence-corrected chi connectivity index (χ3v) is 4.00. The zero-order valence-electron chi connectivity index (χ0n) is 13.3. The second-order valence-electron chi connectivity index (χ2n) is 6.01. The van der Waals surface area contributed by atoms with Crippen LogP contribution in [0.1, 0.15) is 43.5 Å². The van der Waals surface area contributed by atoms with Crippen molar-refractivity contribution in [2.45, 2.75) is 51.2 Å². The summed E-state index contributed by atoms with van der Waals surface area (Å²) in [5, 5.41) is 2.74. The molecule has 0 aromatic carbocycles. The molecular formula is C16H21F2N3O3. The summed E-state index contributed by atoms with van der Waals surface area (Å²) in [6.45, 7) is 0.194. The Hall–Kier alpha value is -2.25. The number of halogens is 2. The second-order valence-corrected chi connectivity index (χ2v) is 6.01. The van der Waals surface area contributed by atoms with Crippen molar-refractivity contribution in [2.24, 2.45) is 11.7 Å². The maximum atomic E-state index is 13.1. The van der Waals surface area contributed by atoms with Gasteiger partial charge in [-0.05, 0) is 30.9 Å². The number of alkyl halides is 2. The van der Waals surface area contributed by atoms with Crippen molar-refractivity contribution in [3.05, 3.63) is 29.6 Å². The van der Waals surface area contributed by atoms with Crippen molar-refractivity contribution in [3.63, 3.8) is 0 Å². The summed E-state index contributed by atoms with van der Waals surface area (Å²) in [7, 11) is 0. The van der Waals surface area contributed by atoms with Gasteiger partial charge in [0.2, 0.25) is 11.8 Å². The minimum absolute atomic E-state index is 0.00730. The number of carbonyl (C=O) groups excluding carboxylic acids is 2. The molecule has 132 valence electrons. The maximum Gasteiger partial charge on any atom is 0.404 e. The van der Waals surface area contributed by atoms with Gasteiger partial charge in [0.25, 0.3) is 0 Å². The Bertz CT molecular complexity index is 586. The third kappa shape index (κ3) is 6.10. The molecular weight excluding hydrogens is 320 g/mol. The third-order valence-electron chi connectivity index (χ3n) is 4.00. The fourth-order valence-corrected chi connectivity index (χ4v) is 2.68. The number of pyridine rings is 1. The van der Waals surface area contributed by atoms with Crippen LogP contribution in [0.2, 0.25) is 0 Å². The number of hydrogen-bond donors (Lipinski definition) is 2. The van der Waals surface area contributed by atoms with Crippen molar-refractivity contribution in [1.82, 2.24) is 10.3 Å². The highest BCUT2D eigenvalue weighted by Gasteiger charge is 2.35. The quantitative estimate of drug-likeness (QED) is 0.831. The van der Waals surface area contributed by atoms with Crippen LogP contribution in [-0.4, -0.2) is 22.9 Å². The van der Waals surface area contributed by atoms with Gasteiger partial charge in [-0.3, -0.25) is 9.78 Å². The monoisotopic (exact) mass is 341 g/mol. The topological polar surface area (TPSA) is 94.3 Å². The lowest BCUT2D eigenvalue weighted by atomic mass is 9.84. The van der Waals surface area contributed by atoms with Crippen molar-refractivity contribution in [1.29, 1.82) is 0 Å². The summed E-state index contributed by atoms with van der Waals surface area (Å²) in [6.07, 6.45) is -0.172. The second kappa shape index (κ2) is 8.03. The Morgan fingerprint density at radius 3 is 2.62 bits per heavy atom. The maximum absolute atomic E-state index is 13.1. The zero-order chi connectivity index (χ0) is 17.6. The Morgan fingerprint density at radius 2 is 1.96 bits per heavy atom. The Morgan fingerprint density at radius 1 is 1.29 bits per heavy atom. The molecule has 1 aromatic rings. The fraction of sp³-hybridized carbons (Fsp3) is 0.562. The summed E-state index contributed by atoms with van der Waals surface area (Å²) in [5.41, 5.74) is 6.03. The number of carbonyl (C=O) groups is 2. The lowest BCUT2D eigenvalue weighted by molar-refractivity contribution is -0.123. The summed E-state index contributed by atoms with van der Waals surface area (Å²) in [6, 6.07) is 5.14. The van der Waals surface area contributed by atoms with Crippen LogP contribution in [0.25, 0.3) is 0 Å². The number of hydrogen-bond acceptors (Lipinski definition) is 4. The molecule has 0 saturated heterocycles. The molecule has 24 heavy (non-hydrogen) atoms. The first-order valence-corrected chi connectivity index (χ1v) is 7.85. The lowest BCUT2D eigenvalue weighted by Gasteiger charge is -2.27. The molecule has 0 atom stereocenters. The summed E-state index contributed by atoms with van der Waals surface area (Å²) in [4.78, 5) is 26.7. The van der Waals surface area contributed by atoms with Gasteiger partial charge in [0.1, 0.15) is 6.61 Å². The van der Waals surface area contributed by atoms with Crippen molar-refractivity contribution in [2.75, 3.05) is 0 Å². The van der Waals surface area contributed by atoms with Crippen LogP contribution in [-0.2, 0) is 22.7 Å². The molecule has 1 fully saturated rings. The van der Waals surface area contributed by atoms with Gasteiger partial charge in [-0.1, -0.05) is 6.07 Å². The van der Waals surface area contributed by atoms with Gasteiger partial charge in [0, 0.05) is 19.3 Å². The van der Waals surface area contributed by atoms with E-state index in [9.17, 15) is 18.4 Å². The first-order valence-electron chi connectivity index (χ1n) is 7.85. The van der Waals surface area contributed by atoms with E-state index in [0.717, 1.165) is 0 Å². The van der Waals surface area contributed by atoms with Crippen molar-refractivity contribution >= 4 is 12.0 Å². The lowest BCUT2D eigenvalue weighted by Crippen LogP contribution is -2.30. The summed E-state index contributed by atoms with van der Waals surface area (Å²) >= 11 is 0. The molecule has 0 radical (unpaired) electrons. The van der Waals surface area contributed by atoms with Crippen LogP contribution in [0.3, 0.4) is 0 Å². The highest BCUT2D eigenvalue weighted by atomic mass is 19.3. The van der Waals surface area contributed by atoms with E-state index in [1.54, 1.807) is 18.2 Å². The van der Waals surface area contributed by atoms with E-state index in [4.69, 9.17) is 5.73 Å². The first kappa shape index (κ1) is 18.1. The van der Waals surface area contributed by atoms with E-state index < -0.39 is 12.0 Å². The molecule has 6 nitrogen and oxygen atoms in total. The predicted molar refractivity (Wildman–Crippen MR) is 82.0 cm³/mol. The predicted octanol–water partition coefficient (Wildman–Crippen LogP) is 2.51. The number of nitrogens with two attached hydrogens (primary N) is 1. The van der Waals surface area contributed by atoms with Gasteiger partial charge in [0.15, 0.2) is 0 Å². The number of amides is 2. The van der Waals surface area contributed by atoms with Crippen LogP contribution in [0, 0.1) is 5.92 Å². The van der Waals surface area contributed by atoms with Gasteiger partial charge in [-0.25, -0.2) is 13.6 Å². The standard InChI is InChI=1S/C16H21F2N3O3/c17-16(18)6-4-11(5-7-16)8-14(22)20-9-12-2-1-3-13(21-12)10-24-15(19)23/h1-3,11H,4-10H2,(H2,19,23)(H,20,22). The average molecular weight is 341 g/mol. The summed E-state index contributed by atoms with van der Waals surface area (Å²) < 4.78 is 30.8. The largest absolute Gasteiger partial charge is 0.443 e. The van der Waals surface area contributed by atoms with Gasteiger partial charge < -0.3 is 15.8 Å². The van der Waals surface area contributed by atoms with E-state index in [-0.39, 0.29) is 44.2 Å². The molecule has 1 aliphatic carbocycles. The van der Waals surface area contributed by atoms with E-state index >= 15 is 0 Å². The minimum atomic E-state index is -2.58. The molecule has 1 aromatic heterocycles. The molecule has 0 bridgehead atoms. The van der Waals surface area contributed by atoms with Gasteiger partial charge in [-0.2, -0.15) is 0 Å². The molecule has 1 heterocycles. The number of rotatable bonds is 6. The molecule has 0 aliphatic heterocycles. The number of nitrogens with one attached hydrogen (secondary N) is 1. The smallest absolute Gasteiger partial charge is 0.404 e.